The van der Waals surface area contributed by atoms with Crippen molar-refractivity contribution in [3.8, 4) is 0 Å². The van der Waals surface area contributed by atoms with E-state index in [1.54, 1.807) is 0 Å². The maximum absolute atomic E-state index is 11.9. The molecule has 0 aliphatic rings. The minimum atomic E-state index is -3.23. The van der Waals surface area contributed by atoms with Crippen LogP contribution in [0, 0.1) is 13.8 Å². The molecule has 1 aromatic rings. The van der Waals surface area contributed by atoms with Crippen LogP contribution in [-0.2, 0) is 10.0 Å². The Morgan fingerprint density at radius 3 is 2.22 bits per heavy atom. The molecule has 0 saturated heterocycles. The van der Waals surface area contributed by atoms with Crippen molar-refractivity contribution in [1.82, 2.24) is 5.32 Å². The van der Waals surface area contributed by atoms with Crippen molar-refractivity contribution in [3.63, 3.8) is 0 Å². The Morgan fingerprint density at radius 2 is 1.67 bits per heavy atom. The summed E-state index contributed by atoms with van der Waals surface area (Å²) in [4.78, 5) is 0. The van der Waals surface area contributed by atoms with Gasteiger partial charge in [0.1, 0.15) is 0 Å². The van der Waals surface area contributed by atoms with E-state index < -0.39 is 10.0 Å². The largest absolute Gasteiger partial charge is 0.320 e. The molecular weight excluding hydrogens is 248 g/mol. The third-order valence-corrected chi connectivity index (χ3v) is 3.96. The van der Waals surface area contributed by atoms with Crippen LogP contribution in [0.15, 0.2) is 18.2 Å². The summed E-state index contributed by atoms with van der Waals surface area (Å²) in [5.41, 5.74) is 2.77. The van der Waals surface area contributed by atoms with E-state index in [0.29, 0.717) is 12.1 Å². The highest BCUT2D eigenvalue weighted by molar-refractivity contribution is 7.92. The van der Waals surface area contributed by atoms with E-state index >= 15 is 0 Å². The Morgan fingerprint density at radius 1 is 1.06 bits per heavy atom. The second-order valence-electron chi connectivity index (χ2n) is 4.61. The molecular formula is C13H22N2O2S. The number of sulfonamides is 1. The summed E-state index contributed by atoms with van der Waals surface area (Å²) in [6.45, 7) is 4.76. The number of rotatable bonds is 7. The highest BCUT2D eigenvalue weighted by Crippen LogP contribution is 2.15. The predicted molar refractivity (Wildman–Crippen MR) is 76.5 cm³/mol. The smallest absolute Gasteiger partial charge is 0.232 e. The third-order valence-electron chi connectivity index (χ3n) is 2.58. The SMILES string of the molecule is CNCCCCS(=O)(=O)Nc1cc(C)cc(C)c1. The molecule has 4 nitrogen and oxygen atoms in total. The lowest BCUT2D eigenvalue weighted by Crippen LogP contribution is -2.18. The van der Waals surface area contributed by atoms with Crippen LogP contribution in [0.3, 0.4) is 0 Å². The Hall–Kier alpha value is -1.07. The second kappa shape index (κ2) is 6.75. The molecule has 0 spiro atoms. The molecule has 0 unspecified atom stereocenters. The summed E-state index contributed by atoms with van der Waals surface area (Å²) in [6, 6.07) is 5.71. The van der Waals surface area contributed by atoms with Gasteiger partial charge in [-0.3, -0.25) is 4.72 Å². The number of hydrogen-bond acceptors (Lipinski definition) is 3. The molecule has 0 aromatic heterocycles. The van der Waals surface area contributed by atoms with E-state index in [0.717, 1.165) is 24.1 Å². The quantitative estimate of drug-likeness (QED) is 0.746. The van der Waals surface area contributed by atoms with Crippen LogP contribution in [0.1, 0.15) is 24.0 Å². The molecule has 2 N–H and O–H groups in total. The molecule has 18 heavy (non-hydrogen) atoms. The minimum absolute atomic E-state index is 0.168. The van der Waals surface area contributed by atoms with Crippen molar-refractivity contribution in [2.24, 2.45) is 0 Å². The van der Waals surface area contributed by atoms with Gasteiger partial charge < -0.3 is 5.32 Å². The summed E-state index contributed by atoms with van der Waals surface area (Å²) in [7, 11) is -1.36. The van der Waals surface area contributed by atoms with Gasteiger partial charge in [-0.25, -0.2) is 8.42 Å². The van der Waals surface area contributed by atoms with E-state index in [-0.39, 0.29) is 5.75 Å². The lowest BCUT2D eigenvalue weighted by molar-refractivity contribution is 0.595. The van der Waals surface area contributed by atoms with Crippen LogP contribution in [0.5, 0.6) is 0 Å². The van der Waals surface area contributed by atoms with Crippen LogP contribution in [0.4, 0.5) is 5.69 Å². The van der Waals surface area contributed by atoms with E-state index in [1.165, 1.54) is 0 Å². The molecule has 0 atom stereocenters. The highest BCUT2D eigenvalue weighted by Gasteiger charge is 2.10. The zero-order valence-corrected chi connectivity index (χ0v) is 12.1. The molecule has 0 aliphatic carbocycles. The van der Waals surface area contributed by atoms with Gasteiger partial charge in [-0.1, -0.05) is 6.07 Å². The number of aryl methyl sites for hydroxylation is 2. The van der Waals surface area contributed by atoms with Crippen LogP contribution in [0.25, 0.3) is 0 Å². The van der Waals surface area contributed by atoms with E-state index in [1.807, 2.05) is 39.1 Å². The Labute approximate surface area is 110 Å². The van der Waals surface area contributed by atoms with Gasteiger partial charge in [0.2, 0.25) is 10.0 Å². The van der Waals surface area contributed by atoms with Gasteiger partial charge in [0, 0.05) is 5.69 Å². The van der Waals surface area contributed by atoms with Crippen molar-refractivity contribution in [3.05, 3.63) is 29.3 Å². The maximum atomic E-state index is 11.9. The number of benzene rings is 1. The van der Waals surface area contributed by atoms with Gasteiger partial charge in [-0.05, 0) is 63.5 Å². The molecule has 1 rings (SSSR count). The zero-order chi connectivity index (χ0) is 13.6. The molecule has 0 bridgehead atoms. The first-order chi connectivity index (χ1) is 8.43. The van der Waals surface area contributed by atoms with Gasteiger partial charge >= 0.3 is 0 Å². The van der Waals surface area contributed by atoms with Gasteiger partial charge in [0.25, 0.3) is 0 Å². The first-order valence-electron chi connectivity index (χ1n) is 6.16. The highest BCUT2D eigenvalue weighted by atomic mass is 32.2. The van der Waals surface area contributed by atoms with E-state index in [9.17, 15) is 8.42 Å². The van der Waals surface area contributed by atoms with Crippen LogP contribution >= 0.6 is 0 Å². The van der Waals surface area contributed by atoms with Crippen LogP contribution in [-0.4, -0.2) is 27.8 Å². The number of anilines is 1. The third kappa shape index (κ3) is 5.51. The molecule has 5 heteroatoms. The summed E-state index contributed by atoms with van der Waals surface area (Å²) >= 11 is 0. The van der Waals surface area contributed by atoms with Gasteiger partial charge in [-0.15, -0.1) is 0 Å². The fraction of sp³-hybridized carbons (Fsp3) is 0.538. The fourth-order valence-corrected chi connectivity index (χ4v) is 3.02. The van der Waals surface area contributed by atoms with Crippen molar-refractivity contribution in [2.75, 3.05) is 24.1 Å². The Kier molecular flexibility index (Phi) is 5.62. The number of unbranched alkanes of at least 4 members (excludes halogenated alkanes) is 1. The molecule has 1 aromatic carbocycles. The fourth-order valence-electron chi connectivity index (χ4n) is 1.86. The lowest BCUT2D eigenvalue weighted by atomic mass is 10.1. The lowest BCUT2D eigenvalue weighted by Gasteiger charge is -2.09. The standard InChI is InChI=1S/C13H22N2O2S/c1-11-8-12(2)10-13(9-11)15-18(16,17)7-5-4-6-14-3/h8-10,14-15H,4-7H2,1-3H3. The van der Waals surface area contributed by atoms with E-state index in [4.69, 9.17) is 0 Å². The molecule has 0 heterocycles. The van der Waals surface area contributed by atoms with Crippen LogP contribution in [0.2, 0.25) is 0 Å². The first-order valence-corrected chi connectivity index (χ1v) is 7.81. The molecule has 0 aliphatic heterocycles. The molecule has 0 saturated carbocycles. The van der Waals surface area contributed by atoms with Gasteiger partial charge in [0.15, 0.2) is 0 Å². The Balaban J connectivity index is 2.59. The predicted octanol–water partition coefficient (Wildman–Crippen LogP) is 2.04. The monoisotopic (exact) mass is 270 g/mol. The number of hydrogen-bond donors (Lipinski definition) is 2. The zero-order valence-electron chi connectivity index (χ0n) is 11.3. The summed E-state index contributed by atoms with van der Waals surface area (Å²) in [5.74, 6) is 0.168. The second-order valence-corrected chi connectivity index (χ2v) is 6.45. The van der Waals surface area contributed by atoms with Crippen molar-refractivity contribution in [1.29, 1.82) is 0 Å². The molecule has 0 fully saturated rings. The maximum Gasteiger partial charge on any atom is 0.232 e. The average Bonchev–Trinajstić information content (AvgIpc) is 2.22. The van der Waals surface area contributed by atoms with Gasteiger partial charge in [0.05, 0.1) is 5.75 Å². The molecule has 102 valence electrons. The van der Waals surface area contributed by atoms with Crippen molar-refractivity contribution in [2.45, 2.75) is 26.7 Å². The van der Waals surface area contributed by atoms with E-state index in [2.05, 4.69) is 10.0 Å². The normalized spacial score (nSPS) is 11.5. The Bertz CT molecular complexity index is 464. The first kappa shape index (κ1) is 15.0. The minimum Gasteiger partial charge on any atom is -0.320 e. The molecule has 0 amide bonds. The average molecular weight is 270 g/mol. The topological polar surface area (TPSA) is 58.2 Å². The summed E-state index contributed by atoms with van der Waals surface area (Å²) in [6.07, 6.45) is 1.53. The van der Waals surface area contributed by atoms with Crippen molar-refractivity contribution >= 4 is 15.7 Å². The summed E-state index contributed by atoms with van der Waals surface area (Å²) < 4.78 is 26.3. The summed E-state index contributed by atoms with van der Waals surface area (Å²) in [5, 5.41) is 3.00. The van der Waals surface area contributed by atoms with Gasteiger partial charge in [-0.2, -0.15) is 0 Å². The van der Waals surface area contributed by atoms with Crippen LogP contribution < -0.4 is 10.0 Å². The number of nitrogens with one attached hydrogen (secondary N) is 2. The molecule has 0 radical (unpaired) electrons. The van der Waals surface area contributed by atoms with Crippen molar-refractivity contribution < 1.29 is 8.42 Å².